The van der Waals surface area contributed by atoms with Gasteiger partial charge in [0.05, 0.1) is 11.4 Å². The molecule has 1 atom stereocenters. The second-order valence-corrected chi connectivity index (χ2v) is 10.4. The van der Waals surface area contributed by atoms with E-state index in [4.69, 9.17) is 11.6 Å². The van der Waals surface area contributed by atoms with Crippen LogP contribution in [0.15, 0.2) is 47.4 Å². The molecule has 0 saturated carbocycles. The quantitative estimate of drug-likeness (QED) is 0.658. The van der Waals surface area contributed by atoms with Gasteiger partial charge in [-0.05, 0) is 63.1 Å². The van der Waals surface area contributed by atoms with Crippen LogP contribution in [0.4, 0.5) is 5.69 Å². The van der Waals surface area contributed by atoms with Crippen molar-refractivity contribution in [3.8, 4) is 0 Å². The molecule has 1 fully saturated rings. The number of nitrogens with one attached hydrogen (secondary N) is 1. The van der Waals surface area contributed by atoms with Crippen molar-refractivity contribution in [2.24, 2.45) is 0 Å². The molecule has 1 aliphatic heterocycles. The zero-order valence-corrected chi connectivity index (χ0v) is 19.8. The van der Waals surface area contributed by atoms with Gasteiger partial charge < -0.3 is 5.32 Å². The van der Waals surface area contributed by atoms with E-state index in [-0.39, 0.29) is 23.4 Å². The highest BCUT2D eigenvalue weighted by Crippen LogP contribution is 2.27. The van der Waals surface area contributed by atoms with Gasteiger partial charge in [0.25, 0.3) is 0 Å². The van der Waals surface area contributed by atoms with E-state index < -0.39 is 10.0 Å². The average molecular weight is 464 g/mol. The minimum Gasteiger partial charge on any atom is -0.325 e. The fourth-order valence-electron chi connectivity index (χ4n) is 3.76. The highest BCUT2D eigenvalue weighted by molar-refractivity contribution is 7.89. The number of anilines is 1. The largest absolute Gasteiger partial charge is 0.325 e. The van der Waals surface area contributed by atoms with Crippen molar-refractivity contribution in [2.45, 2.75) is 44.0 Å². The van der Waals surface area contributed by atoms with E-state index in [0.717, 1.165) is 30.4 Å². The summed E-state index contributed by atoms with van der Waals surface area (Å²) in [6.07, 6.45) is 2.82. The third kappa shape index (κ3) is 5.66. The van der Waals surface area contributed by atoms with Crippen molar-refractivity contribution in [3.05, 3.63) is 58.6 Å². The smallest absolute Gasteiger partial charge is 0.243 e. The van der Waals surface area contributed by atoms with E-state index in [1.54, 1.807) is 18.2 Å². The maximum Gasteiger partial charge on any atom is 0.243 e. The number of nitrogens with zero attached hydrogens (tertiary/aromatic N) is 2. The number of carbonyl (C=O) groups excluding carboxylic acids is 1. The third-order valence-electron chi connectivity index (χ3n) is 5.85. The number of benzene rings is 2. The Hall–Kier alpha value is -1.93. The first-order valence-corrected chi connectivity index (χ1v) is 12.4. The maximum atomic E-state index is 13.0. The number of hydrogen-bond acceptors (Lipinski definition) is 4. The van der Waals surface area contributed by atoms with E-state index >= 15 is 0 Å². The number of likely N-dealkylation sites (N-methyl/N-ethyl adjacent to an activating group) is 1. The van der Waals surface area contributed by atoms with Crippen molar-refractivity contribution in [1.82, 2.24) is 9.21 Å². The Morgan fingerprint density at radius 2 is 1.84 bits per heavy atom. The Balaban J connectivity index is 1.71. The molecule has 2 aromatic carbocycles. The third-order valence-corrected chi connectivity index (χ3v) is 8.08. The van der Waals surface area contributed by atoms with E-state index in [2.05, 4.69) is 5.32 Å². The maximum absolute atomic E-state index is 13.0. The predicted octanol–water partition coefficient (Wildman–Crippen LogP) is 4.45. The summed E-state index contributed by atoms with van der Waals surface area (Å²) in [5.41, 5.74) is 2.28. The summed E-state index contributed by atoms with van der Waals surface area (Å²) in [7, 11) is -1.70. The highest BCUT2D eigenvalue weighted by atomic mass is 35.5. The molecule has 0 aromatic heterocycles. The highest BCUT2D eigenvalue weighted by Gasteiger charge is 2.26. The Morgan fingerprint density at radius 3 is 2.52 bits per heavy atom. The first kappa shape index (κ1) is 23.7. The summed E-state index contributed by atoms with van der Waals surface area (Å²) >= 11 is 6.29. The van der Waals surface area contributed by atoms with Gasteiger partial charge >= 0.3 is 0 Å². The monoisotopic (exact) mass is 463 g/mol. The molecule has 0 radical (unpaired) electrons. The first-order valence-electron chi connectivity index (χ1n) is 10.6. The predicted molar refractivity (Wildman–Crippen MR) is 125 cm³/mol. The van der Waals surface area contributed by atoms with Crippen molar-refractivity contribution >= 4 is 33.2 Å². The Kier molecular flexibility index (Phi) is 7.75. The number of amides is 1. The summed E-state index contributed by atoms with van der Waals surface area (Å²) < 4.78 is 27.5. The van der Waals surface area contributed by atoms with E-state index in [1.807, 2.05) is 50.1 Å². The molecule has 0 bridgehead atoms. The second-order valence-electron chi connectivity index (χ2n) is 8.10. The van der Waals surface area contributed by atoms with E-state index in [0.29, 0.717) is 23.8 Å². The molecular formula is C23H30ClN3O3S. The van der Waals surface area contributed by atoms with Gasteiger partial charge in [0.15, 0.2) is 0 Å². The van der Waals surface area contributed by atoms with Gasteiger partial charge in [-0.15, -0.1) is 0 Å². The molecule has 31 heavy (non-hydrogen) atoms. The Labute approximate surface area is 190 Å². The lowest BCUT2D eigenvalue weighted by molar-refractivity contribution is -0.117. The minimum atomic E-state index is -3.56. The van der Waals surface area contributed by atoms with Gasteiger partial charge in [-0.3, -0.25) is 9.69 Å². The molecule has 168 valence electrons. The number of rotatable bonds is 7. The van der Waals surface area contributed by atoms with Crippen molar-refractivity contribution in [2.75, 3.05) is 32.0 Å². The summed E-state index contributed by atoms with van der Waals surface area (Å²) in [4.78, 5) is 14.8. The standard InChI is InChI=1S/C23H30ClN3O3S/c1-17-11-12-19(31(29,30)27-13-7-4-8-14-27)15-22(17)25-23(28)16-26(3)18(2)20-9-5-6-10-21(20)24/h5-6,9-12,15,18H,4,7-8,13-14,16H2,1-3H3,(H,25,28). The van der Waals surface area contributed by atoms with Crippen molar-refractivity contribution in [3.63, 3.8) is 0 Å². The number of aryl methyl sites for hydroxylation is 1. The summed E-state index contributed by atoms with van der Waals surface area (Å²) in [5.74, 6) is -0.211. The van der Waals surface area contributed by atoms with Crippen molar-refractivity contribution < 1.29 is 13.2 Å². The molecule has 8 heteroatoms. The van der Waals surface area contributed by atoms with Crippen molar-refractivity contribution in [1.29, 1.82) is 0 Å². The Morgan fingerprint density at radius 1 is 1.16 bits per heavy atom. The number of halogens is 1. The van der Waals surface area contributed by atoms with Crippen LogP contribution in [-0.4, -0.2) is 50.2 Å². The zero-order chi connectivity index (χ0) is 22.6. The molecule has 0 spiro atoms. The van der Waals surface area contributed by atoms with Gasteiger partial charge in [-0.25, -0.2) is 8.42 Å². The molecule has 1 saturated heterocycles. The average Bonchev–Trinajstić information content (AvgIpc) is 2.75. The van der Waals surface area contributed by atoms with Crippen LogP contribution in [0.3, 0.4) is 0 Å². The summed E-state index contributed by atoms with van der Waals surface area (Å²) in [6, 6.07) is 12.4. The number of hydrogen-bond donors (Lipinski definition) is 1. The molecule has 1 amide bonds. The fraction of sp³-hybridized carbons (Fsp3) is 0.435. The van der Waals surface area contributed by atoms with Gasteiger partial charge in [-0.1, -0.05) is 42.3 Å². The van der Waals surface area contributed by atoms with Gasteiger partial charge in [0.2, 0.25) is 15.9 Å². The number of carbonyl (C=O) groups is 1. The molecule has 6 nitrogen and oxygen atoms in total. The van der Waals surface area contributed by atoms with Crippen LogP contribution in [0.25, 0.3) is 0 Å². The zero-order valence-electron chi connectivity index (χ0n) is 18.3. The lowest BCUT2D eigenvalue weighted by atomic mass is 10.1. The van der Waals surface area contributed by atoms with E-state index in [1.165, 1.54) is 4.31 Å². The Bertz CT molecular complexity index is 1040. The minimum absolute atomic E-state index is 0.0497. The fourth-order valence-corrected chi connectivity index (χ4v) is 5.59. The van der Waals surface area contributed by atoms with Crippen LogP contribution in [0.2, 0.25) is 5.02 Å². The van der Waals surface area contributed by atoms with Gasteiger partial charge in [0, 0.05) is 29.8 Å². The molecule has 1 aliphatic rings. The number of sulfonamides is 1. The lowest BCUT2D eigenvalue weighted by Gasteiger charge is -2.26. The van der Waals surface area contributed by atoms with Crippen LogP contribution in [-0.2, 0) is 14.8 Å². The summed E-state index contributed by atoms with van der Waals surface area (Å²) in [6.45, 7) is 5.08. The second kappa shape index (κ2) is 10.1. The summed E-state index contributed by atoms with van der Waals surface area (Å²) in [5, 5.41) is 3.54. The van der Waals surface area contributed by atoms with Crippen LogP contribution < -0.4 is 5.32 Å². The molecule has 1 heterocycles. The first-order chi connectivity index (χ1) is 14.7. The molecule has 3 rings (SSSR count). The number of piperidine rings is 1. The van der Waals surface area contributed by atoms with Crippen LogP contribution >= 0.6 is 11.6 Å². The molecule has 0 aliphatic carbocycles. The topological polar surface area (TPSA) is 69.7 Å². The van der Waals surface area contributed by atoms with Gasteiger partial charge in [0.1, 0.15) is 0 Å². The molecule has 1 N–H and O–H groups in total. The molecular weight excluding hydrogens is 434 g/mol. The SMILES string of the molecule is Cc1ccc(S(=O)(=O)N2CCCCC2)cc1NC(=O)CN(C)C(C)c1ccccc1Cl. The van der Waals surface area contributed by atoms with Gasteiger partial charge in [-0.2, -0.15) is 4.31 Å². The van der Waals surface area contributed by atoms with Crippen LogP contribution in [0, 0.1) is 6.92 Å². The van der Waals surface area contributed by atoms with E-state index in [9.17, 15) is 13.2 Å². The molecule has 2 aromatic rings. The van der Waals surface area contributed by atoms with Crippen LogP contribution in [0.5, 0.6) is 0 Å². The normalized spacial score (nSPS) is 16.3. The molecule has 1 unspecified atom stereocenters. The lowest BCUT2D eigenvalue weighted by Crippen LogP contribution is -2.35. The van der Waals surface area contributed by atoms with Crippen LogP contribution in [0.1, 0.15) is 43.4 Å².